The Bertz CT molecular complexity index is 3850. The highest BCUT2D eigenvalue weighted by molar-refractivity contribution is 7.26. The van der Waals surface area contributed by atoms with Gasteiger partial charge in [-0.15, -0.1) is 22.7 Å². The summed E-state index contributed by atoms with van der Waals surface area (Å²) in [4.78, 5) is 7.45. The van der Waals surface area contributed by atoms with E-state index in [9.17, 15) is 0 Å². The van der Waals surface area contributed by atoms with E-state index in [2.05, 4.69) is 281 Å². The van der Waals surface area contributed by atoms with E-state index in [0.29, 0.717) is 17.8 Å². The van der Waals surface area contributed by atoms with Crippen LogP contribution in [0.3, 0.4) is 0 Å². The monoisotopic (exact) mass is 1000 g/mol. The number of hydrogen-bond donors (Lipinski definition) is 0. The lowest BCUT2D eigenvalue weighted by molar-refractivity contribution is 0.812. The molecule has 1 aliphatic heterocycles. The topological polar surface area (TPSA) is 9.72 Å². The van der Waals surface area contributed by atoms with Crippen molar-refractivity contribution in [2.45, 2.75) is 59.3 Å². The molecule has 3 nitrogen and oxygen atoms in total. The summed E-state index contributed by atoms with van der Waals surface area (Å²) in [5.41, 5.74) is 18.4. The van der Waals surface area contributed by atoms with Crippen molar-refractivity contribution in [3.63, 3.8) is 0 Å². The summed E-state index contributed by atoms with van der Waals surface area (Å²) in [5, 5.41) is 5.20. The first kappa shape index (κ1) is 46.9. The zero-order chi connectivity index (χ0) is 50.9. The number of hydrogen-bond acceptors (Lipinski definition) is 5. The Morgan fingerprint density at radius 3 is 1.17 bits per heavy atom. The highest BCUT2D eigenvalue weighted by atomic mass is 32.1. The van der Waals surface area contributed by atoms with Crippen molar-refractivity contribution in [3.05, 3.63) is 241 Å². The molecule has 75 heavy (non-hydrogen) atoms. The van der Waals surface area contributed by atoms with E-state index in [4.69, 9.17) is 0 Å². The first-order chi connectivity index (χ1) is 36.7. The largest absolute Gasteiger partial charge is 0.311 e. The molecule has 2 aromatic heterocycles. The SMILES string of the molecule is CC(C)c1cc(C(C)C)c(B2c3ccc(N(c4ccccc4)c4ccc5c(c4)sc4ccccc45)cc3N(c3ccccc3)c3cc(N(c4ccccc4)c4ccc5c(c4)sc4ccccc45)ccc32)c(C(C)C)c1. The van der Waals surface area contributed by atoms with Crippen molar-refractivity contribution in [1.82, 2.24) is 0 Å². The molecule has 13 rings (SSSR count). The average Bonchev–Trinajstić information content (AvgIpc) is 4.00. The van der Waals surface area contributed by atoms with E-state index in [1.54, 1.807) is 0 Å². The standard InChI is InChI=1S/C69H58BN3S2/c1-44(2)47-38-59(45(3)4)69(60(39-47)46(5)6)70-61-36-32-51(71(48-20-10-7-11-21-48)53-30-34-57-55-26-16-18-28-65(55)74-67(57)42-53)40-63(61)73(50-24-14-9-15-25-50)64-41-52(33-37-62(64)70)72(49-22-12-8-13-23-49)54-31-35-58-56-27-17-19-29-66(56)75-68(58)43-54/h7-46H,1-6H3. The second kappa shape index (κ2) is 19.1. The van der Waals surface area contributed by atoms with Crippen LogP contribution in [0.5, 0.6) is 0 Å². The number of thiophene rings is 2. The summed E-state index contributed by atoms with van der Waals surface area (Å²) in [6.45, 7) is 14.2. The van der Waals surface area contributed by atoms with Crippen molar-refractivity contribution in [1.29, 1.82) is 0 Å². The van der Waals surface area contributed by atoms with Gasteiger partial charge in [-0.25, -0.2) is 0 Å². The van der Waals surface area contributed by atoms with Gasteiger partial charge in [-0.3, -0.25) is 0 Å². The Morgan fingerprint density at radius 1 is 0.347 bits per heavy atom. The van der Waals surface area contributed by atoms with Crippen molar-refractivity contribution in [2.75, 3.05) is 14.7 Å². The molecular weight excluding hydrogens is 946 g/mol. The molecule has 0 saturated heterocycles. The molecule has 0 bridgehead atoms. The highest BCUT2D eigenvalue weighted by Crippen LogP contribution is 2.47. The van der Waals surface area contributed by atoms with Gasteiger partial charge in [-0.05, 0) is 142 Å². The molecule has 0 unspecified atom stereocenters. The van der Waals surface area contributed by atoms with Crippen LogP contribution in [0, 0.1) is 0 Å². The number of rotatable bonds is 11. The number of para-hydroxylation sites is 3. The molecule has 0 spiro atoms. The van der Waals surface area contributed by atoms with Crippen LogP contribution in [0.2, 0.25) is 0 Å². The van der Waals surface area contributed by atoms with Crippen LogP contribution in [0.15, 0.2) is 224 Å². The van der Waals surface area contributed by atoms with Gasteiger partial charge >= 0.3 is 0 Å². The smallest absolute Gasteiger partial charge is 0.247 e. The minimum atomic E-state index is -0.0470. The van der Waals surface area contributed by atoms with Gasteiger partial charge in [0.15, 0.2) is 0 Å². The second-order valence-electron chi connectivity index (χ2n) is 21.1. The number of anilines is 9. The molecule has 0 N–H and O–H groups in total. The maximum absolute atomic E-state index is 2.55. The van der Waals surface area contributed by atoms with Gasteiger partial charge < -0.3 is 14.7 Å². The fourth-order valence-electron chi connectivity index (χ4n) is 11.8. The molecule has 3 heterocycles. The van der Waals surface area contributed by atoms with E-state index in [-0.39, 0.29) is 6.71 Å². The summed E-state index contributed by atoms with van der Waals surface area (Å²) in [6.07, 6.45) is 0. The molecule has 0 radical (unpaired) electrons. The van der Waals surface area contributed by atoms with Crippen LogP contribution >= 0.6 is 22.7 Å². The number of benzene rings is 10. The molecule has 12 aromatic rings. The molecule has 0 fully saturated rings. The fraction of sp³-hybridized carbons (Fsp3) is 0.130. The maximum Gasteiger partial charge on any atom is 0.247 e. The normalized spacial score (nSPS) is 12.4. The van der Waals surface area contributed by atoms with Gasteiger partial charge in [-0.2, -0.15) is 0 Å². The van der Waals surface area contributed by atoms with Crippen LogP contribution in [-0.4, -0.2) is 6.71 Å². The first-order valence-electron chi connectivity index (χ1n) is 26.5. The lowest BCUT2D eigenvalue weighted by atomic mass is 9.33. The number of fused-ring (bicyclic) bond motifs is 8. The third-order valence-electron chi connectivity index (χ3n) is 15.4. The summed E-state index contributed by atoms with van der Waals surface area (Å²) >= 11 is 3.73. The Morgan fingerprint density at radius 2 is 0.733 bits per heavy atom. The quantitative estimate of drug-likeness (QED) is 0.120. The van der Waals surface area contributed by atoms with Gasteiger partial charge in [0.1, 0.15) is 0 Å². The lowest BCUT2D eigenvalue weighted by Crippen LogP contribution is -2.59. The van der Waals surface area contributed by atoms with Crippen LogP contribution < -0.4 is 31.1 Å². The molecule has 6 heteroatoms. The second-order valence-corrected chi connectivity index (χ2v) is 23.2. The predicted molar refractivity (Wildman–Crippen MR) is 330 cm³/mol. The van der Waals surface area contributed by atoms with Crippen LogP contribution in [0.4, 0.5) is 51.2 Å². The molecule has 10 aromatic carbocycles. The van der Waals surface area contributed by atoms with Gasteiger partial charge in [0.25, 0.3) is 0 Å². The van der Waals surface area contributed by atoms with Crippen molar-refractivity contribution in [3.8, 4) is 0 Å². The zero-order valence-corrected chi connectivity index (χ0v) is 45.0. The van der Waals surface area contributed by atoms with Crippen molar-refractivity contribution < 1.29 is 0 Å². The summed E-state index contributed by atoms with van der Waals surface area (Å²) in [7, 11) is 0. The predicted octanol–water partition coefficient (Wildman–Crippen LogP) is 19.0. The Balaban J connectivity index is 1.08. The molecular formula is C69H58BN3S2. The highest BCUT2D eigenvalue weighted by Gasteiger charge is 2.40. The van der Waals surface area contributed by atoms with E-state index < -0.39 is 0 Å². The Kier molecular flexibility index (Phi) is 11.9. The van der Waals surface area contributed by atoms with E-state index in [0.717, 1.165) is 39.8 Å². The average molecular weight is 1000 g/mol. The van der Waals surface area contributed by atoms with Gasteiger partial charge in [0, 0.05) is 91.5 Å². The van der Waals surface area contributed by atoms with E-state index in [1.165, 1.54) is 84.8 Å². The third-order valence-corrected chi connectivity index (χ3v) is 17.7. The van der Waals surface area contributed by atoms with Crippen LogP contribution in [0.25, 0.3) is 40.3 Å². The van der Waals surface area contributed by atoms with E-state index >= 15 is 0 Å². The Labute approximate surface area is 449 Å². The first-order valence-corrected chi connectivity index (χ1v) is 28.2. The maximum atomic E-state index is 2.55. The molecule has 0 saturated carbocycles. The zero-order valence-electron chi connectivity index (χ0n) is 43.3. The van der Waals surface area contributed by atoms with Gasteiger partial charge in [-0.1, -0.05) is 174 Å². The van der Waals surface area contributed by atoms with Crippen molar-refractivity contribution in [2.24, 2.45) is 0 Å². The Hall–Kier alpha value is -7.90. The van der Waals surface area contributed by atoms with Crippen molar-refractivity contribution >= 4 is 137 Å². The van der Waals surface area contributed by atoms with E-state index in [1.807, 2.05) is 22.7 Å². The van der Waals surface area contributed by atoms with Gasteiger partial charge in [0.2, 0.25) is 6.71 Å². The van der Waals surface area contributed by atoms with Gasteiger partial charge in [0.05, 0.1) is 0 Å². The molecule has 1 aliphatic rings. The fourth-order valence-corrected chi connectivity index (χ4v) is 14.1. The number of nitrogens with zero attached hydrogens (tertiary/aromatic N) is 3. The summed E-state index contributed by atoms with van der Waals surface area (Å²) in [5.74, 6) is 1.03. The molecule has 0 atom stereocenters. The molecule has 0 amide bonds. The van der Waals surface area contributed by atoms with Crippen LogP contribution in [0.1, 0.15) is 76.0 Å². The lowest BCUT2D eigenvalue weighted by Gasteiger charge is -2.40. The molecule has 364 valence electrons. The van der Waals surface area contributed by atoms with Crippen LogP contribution in [-0.2, 0) is 0 Å². The summed E-state index contributed by atoms with van der Waals surface area (Å²) < 4.78 is 5.17. The summed E-state index contributed by atoms with van der Waals surface area (Å²) in [6, 6.07) is 84.1. The third kappa shape index (κ3) is 8.19. The molecule has 0 aliphatic carbocycles. The minimum Gasteiger partial charge on any atom is -0.311 e. The minimum absolute atomic E-state index is 0.0470.